The van der Waals surface area contributed by atoms with Gasteiger partial charge in [-0.1, -0.05) is 73.7 Å². The molecule has 10 heteroatoms. The zero-order valence-electron chi connectivity index (χ0n) is 25.2. The molecule has 44 heavy (non-hydrogen) atoms. The fraction of sp³-hybridized carbons (Fsp3) is 0.412. The standard InChI is InChI=1S/C34H41N3O7/c1-23-30(21-37-16-18-42-19-17-37)43-33(44-31(23)26-10-8-25(22-38)9-11-26)27-12-14-28(15-13-27)35-34(40)36-29(32(39)41-2)20-24-6-4-3-5-7-24/h3-15,23,29-31,33,38H,16-22H2,1-2H3,(H2,35,36,40)/t23-,29-,30+,31+,33+/m0/s1. The van der Waals surface area contributed by atoms with Crippen molar-refractivity contribution in [3.63, 3.8) is 0 Å². The van der Waals surface area contributed by atoms with Crippen molar-refractivity contribution in [1.82, 2.24) is 10.2 Å². The topological polar surface area (TPSA) is 119 Å². The Morgan fingerprint density at radius 1 is 0.932 bits per heavy atom. The van der Waals surface area contributed by atoms with E-state index in [0.29, 0.717) is 25.3 Å². The first-order valence-electron chi connectivity index (χ1n) is 15.0. The molecule has 2 fully saturated rings. The van der Waals surface area contributed by atoms with Crippen LogP contribution in [0.5, 0.6) is 0 Å². The van der Waals surface area contributed by atoms with Crippen LogP contribution < -0.4 is 10.6 Å². The minimum atomic E-state index is -0.834. The third-order valence-corrected chi connectivity index (χ3v) is 8.18. The molecule has 3 N–H and O–H groups in total. The molecule has 0 radical (unpaired) electrons. The number of morpholine rings is 1. The maximum Gasteiger partial charge on any atom is 0.328 e. The van der Waals surface area contributed by atoms with E-state index in [-0.39, 0.29) is 24.7 Å². The predicted octanol–water partition coefficient (Wildman–Crippen LogP) is 4.21. The van der Waals surface area contributed by atoms with E-state index in [9.17, 15) is 14.7 Å². The minimum Gasteiger partial charge on any atom is -0.467 e. The third-order valence-electron chi connectivity index (χ3n) is 8.18. The predicted molar refractivity (Wildman–Crippen MR) is 165 cm³/mol. The van der Waals surface area contributed by atoms with Gasteiger partial charge >= 0.3 is 12.0 Å². The van der Waals surface area contributed by atoms with Crippen molar-refractivity contribution >= 4 is 17.7 Å². The largest absolute Gasteiger partial charge is 0.467 e. The molecular formula is C34H41N3O7. The second kappa shape index (κ2) is 15.3. The van der Waals surface area contributed by atoms with E-state index in [4.69, 9.17) is 18.9 Å². The Morgan fingerprint density at radius 2 is 1.61 bits per heavy atom. The summed E-state index contributed by atoms with van der Waals surface area (Å²) in [6, 6.07) is 23.3. The van der Waals surface area contributed by atoms with E-state index in [2.05, 4.69) is 22.5 Å². The summed E-state index contributed by atoms with van der Waals surface area (Å²) in [5, 5.41) is 15.0. The van der Waals surface area contributed by atoms with E-state index >= 15 is 0 Å². The molecule has 2 heterocycles. The van der Waals surface area contributed by atoms with Crippen LogP contribution in [0.25, 0.3) is 0 Å². The summed E-state index contributed by atoms with van der Waals surface area (Å²) in [6.45, 7) is 6.04. The van der Waals surface area contributed by atoms with Gasteiger partial charge in [0.25, 0.3) is 0 Å². The van der Waals surface area contributed by atoms with E-state index in [1.807, 2.05) is 66.7 Å². The number of carbonyl (C=O) groups excluding carboxylic acids is 2. The second-order valence-corrected chi connectivity index (χ2v) is 11.2. The summed E-state index contributed by atoms with van der Waals surface area (Å²) in [7, 11) is 1.30. The molecule has 2 amide bonds. The lowest BCUT2D eigenvalue weighted by Gasteiger charge is -2.43. The van der Waals surface area contributed by atoms with Crippen LogP contribution in [0.3, 0.4) is 0 Å². The number of methoxy groups -OCH3 is 1. The quantitative estimate of drug-likeness (QED) is 0.295. The van der Waals surface area contributed by atoms with Crippen LogP contribution in [0.4, 0.5) is 10.5 Å². The normalized spacial score (nSPS) is 23.0. The highest BCUT2D eigenvalue weighted by atomic mass is 16.7. The number of esters is 1. The smallest absolute Gasteiger partial charge is 0.328 e. The number of hydrogen-bond donors (Lipinski definition) is 3. The number of benzene rings is 3. The molecule has 2 aliphatic heterocycles. The number of carbonyl (C=O) groups is 2. The van der Waals surface area contributed by atoms with Crippen LogP contribution in [0.1, 0.15) is 41.6 Å². The molecule has 2 aliphatic rings. The molecule has 5 atom stereocenters. The molecule has 0 aliphatic carbocycles. The maximum atomic E-state index is 12.8. The molecule has 234 valence electrons. The number of aliphatic hydroxyl groups excluding tert-OH is 1. The number of anilines is 1. The van der Waals surface area contributed by atoms with E-state index in [1.165, 1.54) is 7.11 Å². The fourth-order valence-corrected chi connectivity index (χ4v) is 5.60. The van der Waals surface area contributed by atoms with Crippen LogP contribution >= 0.6 is 0 Å². The molecule has 0 bridgehead atoms. The lowest BCUT2D eigenvalue weighted by Crippen LogP contribution is -2.47. The minimum absolute atomic E-state index is 0.0124. The van der Waals surface area contributed by atoms with Gasteiger partial charge in [-0.3, -0.25) is 4.90 Å². The number of amides is 2. The van der Waals surface area contributed by atoms with Crippen molar-refractivity contribution in [3.05, 3.63) is 101 Å². The van der Waals surface area contributed by atoms with Gasteiger partial charge in [0.2, 0.25) is 0 Å². The average molecular weight is 604 g/mol. The number of hydrogen-bond acceptors (Lipinski definition) is 8. The summed E-state index contributed by atoms with van der Waals surface area (Å²) in [5.74, 6) is -0.440. The number of nitrogens with one attached hydrogen (secondary N) is 2. The summed E-state index contributed by atoms with van der Waals surface area (Å²) in [4.78, 5) is 27.5. The van der Waals surface area contributed by atoms with Gasteiger partial charge in [-0.25, -0.2) is 9.59 Å². The summed E-state index contributed by atoms with van der Waals surface area (Å²) in [5.41, 5.74) is 4.16. The number of aliphatic hydroxyl groups is 1. The van der Waals surface area contributed by atoms with Gasteiger partial charge in [-0.2, -0.15) is 0 Å². The van der Waals surface area contributed by atoms with Crippen LogP contribution in [-0.2, 0) is 36.8 Å². The Bertz CT molecular complexity index is 1350. The van der Waals surface area contributed by atoms with Crippen molar-refractivity contribution < 1.29 is 33.6 Å². The number of urea groups is 1. The number of rotatable bonds is 10. The highest BCUT2D eigenvalue weighted by Crippen LogP contribution is 2.42. The summed E-state index contributed by atoms with van der Waals surface area (Å²) < 4.78 is 23.6. The first-order chi connectivity index (χ1) is 21.4. The van der Waals surface area contributed by atoms with Crippen molar-refractivity contribution in [2.45, 2.75) is 44.5 Å². The van der Waals surface area contributed by atoms with Gasteiger partial charge in [0.1, 0.15) is 6.04 Å². The van der Waals surface area contributed by atoms with Crippen molar-refractivity contribution in [3.8, 4) is 0 Å². The van der Waals surface area contributed by atoms with Crippen molar-refractivity contribution in [2.75, 3.05) is 45.3 Å². The Labute approximate surface area is 258 Å². The van der Waals surface area contributed by atoms with Gasteiger partial charge in [-0.15, -0.1) is 0 Å². The first-order valence-corrected chi connectivity index (χ1v) is 15.0. The molecule has 3 aromatic carbocycles. The molecule has 0 saturated carbocycles. The SMILES string of the molecule is COC(=O)[C@H](Cc1ccccc1)NC(=O)Nc1ccc([C@@H]2O[C@H](CN3CCOCC3)[C@H](C)[C@H](c3ccc(CO)cc3)O2)cc1. The molecule has 0 spiro atoms. The van der Waals surface area contributed by atoms with E-state index < -0.39 is 24.3 Å². The van der Waals surface area contributed by atoms with Crippen LogP contribution in [-0.4, -0.2) is 74.1 Å². The summed E-state index contributed by atoms with van der Waals surface area (Å²) >= 11 is 0. The van der Waals surface area contributed by atoms with Crippen LogP contribution in [0.2, 0.25) is 0 Å². The number of nitrogens with zero attached hydrogens (tertiary/aromatic N) is 1. The van der Waals surface area contributed by atoms with Gasteiger partial charge in [0.15, 0.2) is 6.29 Å². The highest BCUT2D eigenvalue weighted by molar-refractivity contribution is 5.92. The molecule has 0 unspecified atom stereocenters. The summed E-state index contributed by atoms with van der Waals surface area (Å²) in [6.07, 6.45) is -0.601. The zero-order chi connectivity index (χ0) is 30.9. The Morgan fingerprint density at radius 3 is 2.27 bits per heavy atom. The Hall–Kier alpha value is -3.80. The molecule has 0 aromatic heterocycles. The molecule has 5 rings (SSSR count). The molecule has 2 saturated heterocycles. The monoisotopic (exact) mass is 603 g/mol. The van der Waals surface area contributed by atoms with Gasteiger partial charge in [0.05, 0.1) is 39.1 Å². The van der Waals surface area contributed by atoms with Crippen molar-refractivity contribution in [1.29, 1.82) is 0 Å². The van der Waals surface area contributed by atoms with Crippen molar-refractivity contribution in [2.24, 2.45) is 5.92 Å². The first kappa shape index (κ1) is 31.6. The van der Waals surface area contributed by atoms with Gasteiger partial charge < -0.3 is 34.7 Å². The lowest BCUT2D eigenvalue weighted by molar-refractivity contribution is -0.277. The molecule has 10 nitrogen and oxygen atoms in total. The third kappa shape index (κ3) is 8.22. The Kier molecular flexibility index (Phi) is 11.0. The number of ether oxygens (including phenoxy) is 4. The highest BCUT2D eigenvalue weighted by Gasteiger charge is 2.39. The van der Waals surface area contributed by atoms with E-state index in [0.717, 1.165) is 41.9 Å². The lowest BCUT2D eigenvalue weighted by atomic mass is 9.90. The van der Waals surface area contributed by atoms with Crippen LogP contribution in [0.15, 0.2) is 78.9 Å². The molecular weight excluding hydrogens is 562 g/mol. The van der Waals surface area contributed by atoms with E-state index in [1.54, 1.807) is 12.1 Å². The average Bonchev–Trinajstić information content (AvgIpc) is 3.06. The van der Waals surface area contributed by atoms with Gasteiger partial charge in [-0.05, 0) is 28.8 Å². The Balaban J connectivity index is 1.27. The maximum absolute atomic E-state index is 12.8. The molecule has 3 aromatic rings. The fourth-order valence-electron chi connectivity index (χ4n) is 5.60. The zero-order valence-corrected chi connectivity index (χ0v) is 25.2. The second-order valence-electron chi connectivity index (χ2n) is 11.2. The van der Waals surface area contributed by atoms with Crippen LogP contribution in [0, 0.1) is 5.92 Å². The van der Waals surface area contributed by atoms with Gasteiger partial charge in [0, 0.05) is 43.2 Å².